The summed E-state index contributed by atoms with van der Waals surface area (Å²) < 4.78 is 0.868. The monoisotopic (exact) mass is 308 g/mol. The second kappa shape index (κ2) is 5.75. The van der Waals surface area contributed by atoms with E-state index in [1.165, 1.54) is 0 Å². The van der Waals surface area contributed by atoms with Crippen LogP contribution in [0.3, 0.4) is 0 Å². The Bertz CT molecular complexity index is 537. The Morgan fingerprint density at radius 3 is 2.94 bits per heavy atom. The van der Waals surface area contributed by atoms with Crippen molar-refractivity contribution in [3.63, 3.8) is 0 Å². The Morgan fingerprint density at radius 1 is 1.35 bits per heavy atom. The SMILES string of the molecule is O=C(N/N=C\c1cccs1)c1cccc(Br)c1. The van der Waals surface area contributed by atoms with Gasteiger partial charge in [-0.1, -0.05) is 28.1 Å². The topological polar surface area (TPSA) is 41.5 Å². The average molecular weight is 309 g/mol. The first-order chi connectivity index (χ1) is 8.25. The van der Waals surface area contributed by atoms with Crippen LogP contribution in [0.5, 0.6) is 0 Å². The number of nitrogens with one attached hydrogen (secondary N) is 1. The van der Waals surface area contributed by atoms with Crippen molar-refractivity contribution in [1.29, 1.82) is 0 Å². The van der Waals surface area contributed by atoms with Gasteiger partial charge in [-0.15, -0.1) is 11.3 Å². The number of benzene rings is 1. The highest BCUT2D eigenvalue weighted by molar-refractivity contribution is 9.10. The normalized spacial score (nSPS) is 10.6. The first-order valence-corrected chi connectivity index (χ1v) is 6.55. The molecule has 3 nitrogen and oxygen atoms in total. The molecule has 0 bridgehead atoms. The molecule has 17 heavy (non-hydrogen) atoms. The minimum atomic E-state index is -0.223. The summed E-state index contributed by atoms with van der Waals surface area (Å²) in [6.07, 6.45) is 1.63. The van der Waals surface area contributed by atoms with Crippen LogP contribution in [0.4, 0.5) is 0 Å². The maximum absolute atomic E-state index is 11.7. The number of carbonyl (C=O) groups is 1. The predicted molar refractivity (Wildman–Crippen MR) is 73.5 cm³/mol. The van der Waals surface area contributed by atoms with Crippen LogP contribution in [0.1, 0.15) is 15.2 Å². The van der Waals surface area contributed by atoms with Crippen LogP contribution in [0.15, 0.2) is 51.4 Å². The molecule has 1 aromatic heterocycles. The molecule has 0 aliphatic heterocycles. The van der Waals surface area contributed by atoms with Gasteiger partial charge in [0.1, 0.15) is 0 Å². The van der Waals surface area contributed by atoms with Crippen molar-refractivity contribution in [3.8, 4) is 0 Å². The molecule has 0 spiro atoms. The van der Waals surface area contributed by atoms with E-state index in [1.807, 2.05) is 29.6 Å². The maximum Gasteiger partial charge on any atom is 0.271 e. The Kier molecular flexibility index (Phi) is 4.06. The number of nitrogens with zero attached hydrogens (tertiary/aromatic N) is 1. The fraction of sp³-hybridized carbons (Fsp3) is 0. The zero-order valence-corrected chi connectivity index (χ0v) is 11.2. The Balaban J connectivity index is 1.98. The van der Waals surface area contributed by atoms with E-state index in [2.05, 4.69) is 26.5 Å². The number of carbonyl (C=O) groups excluding carboxylic acids is 1. The molecular weight excluding hydrogens is 300 g/mol. The largest absolute Gasteiger partial charge is 0.271 e. The fourth-order valence-electron chi connectivity index (χ4n) is 1.21. The van der Waals surface area contributed by atoms with Gasteiger partial charge in [0.25, 0.3) is 5.91 Å². The van der Waals surface area contributed by atoms with Gasteiger partial charge in [-0.2, -0.15) is 5.10 Å². The van der Waals surface area contributed by atoms with Crippen molar-refractivity contribution >= 4 is 39.4 Å². The Morgan fingerprint density at radius 2 is 2.24 bits per heavy atom. The highest BCUT2D eigenvalue weighted by atomic mass is 79.9. The molecule has 0 atom stereocenters. The van der Waals surface area contributed by atoms with Crippen LogP contribution in [0.2, 0.25) is 0 Å². The van der Waals surface area contributed by atoms with Crippen LogP contribution in [0, 0.1) is 0 Å². The average Bonchev–Trinajstić information content (AvgIpc) is 2.82. The number of hydrogen-bond donors (Lipinski definition) is 1. The van der Waals surface area contributed by atoms with E-state index in [1.54, 1.807) is 29.7 Å². The summed E-state index contributed by atoms with van der Waals surface area (Å²) in [7, 11) is 0. The van der Waals surface area contributed by atoms with Crippen LogP contribution in [-0.2, 0) is 0 Å². The molecule has 0 aliphatic rings. The lowest BCUT2D eigenvalue weighted by Crippen LogP contribution is -2.17. The minimum absolute atomic E-state index is 0.223. The highest BCUT2D eigenvalue weighted by Crippen LogP contribution is 2.11. The van der Waals surface area contributed by atoms with Crippen molar-refractivity contribution in [2.75, 3.05) is 0 Å². The van der Waals surface area contributed by atoms with Crippen LogP contribution < -0.4 is 5.43 Å². The summed E-state index contributed by atoms with van der Waals surface area (Å²) in [5.41, 5.74) is 3.05. The molecule has 5 heteroatoms. The quantitative estimate of drug-likeness (QED) is 0.686. The third-order valence-corrected chi connectivity index (χ3v) is 3.29. The van der Waals surface area contributed by atoms with Crippen molar-refractivity contribution in [2.45, 2.75) is 0 Å². The Hall–Kier alpha value is -1.46. The van der Waals surface area contributed by atoms with E-state index in [9.17, 15) is 4.79 Å². The Labute approximate surface area is 111 Å². The summed E-state index contributed by atoms with van der Waals surface area (Å²) in [5, 5.41) is 5.85. The highest BCUT2D eigenvalue weighted by Gasteiger charge is 2.03. The first kappa shape index (κ1) is 12.0. The smallest absolute Gasteiger partial charge is 0.267 e. The van der Waals surface area contributed by atoms with E-state index in [-0.39, 0.29) is 5.91 Å². The van der Waals surface area contributed by atoms with Gasteiger partial charge in [-0.05, 0) is 29.6 Å². The third-order valence-electron chi connectivity index (χ3n) is 1.99. The van der Waals surface area contributed by atoms with E-state index in [0.717, 1.165) is 9.35 Å². The van der Waals surface area contributed by atoms with Crippen molar-refractivity contribution in [2.24, 2.45) is 5.10 Å². The van der Waals surface area contributed by atoms with Crippen LogP contribution >= 0.6 is 27.3 Å². The summed E-state index contributed by atoms with van der Waals surface area (Å²) in [6.45, 7) is 0. The molecule has 2 aromatic rings. The molecule has 2 rings (SSSR count). The number of hydrazone groups is 1. The number of rotatable bonds is 3. The van der Waals surface area contributed by atoms with E-state index in [0.29, 0.717) is 5.56 Å². The van der Waals surface area contributed by atoms with Gasteiger partial charge in [0, 0.05) is 14.9 Å². The maximum atomic E-state index is 11.7. The molecule has 86 valence electrons. The van der Waals surface area contributed by atoms with Crippen LogP contribution in [-0.4, -0.2) is 12.1 Å². The standard InChI is InChI=1S/C12H9BrN2OS/c13-10-4-1-3-9(7-10)12(16)15-14-8-11-5-2-6-17-11/h1-8H,(H,15,16)/b14-8-. The second-order valence-corrected chi connectivity index (χ2v) is 5.12. The zero-order valence-electron chi connectivity index (χ0n) is 8.76. The van der Waals surface area contributed by atoms with Gasteiger partial charge in [0.15, 0.2) is 0 Å². The summed E-state index contributed by atoms with van der Waals surface area (Å²) in [4.78, 5) is 12.7. The summed E-state index contributed by atoms with van der Waals surface area (Å²) in [6, 6.07) is 11.0. The lowest BCUT2D eigenvalue weighted by molar-refractivity contribution is 0.0955. The number of thiophene rings is 1. The molecule has 1 heterocycles. The first-order valence-electron chi connectivity index (χ1n) is 4.88. The minimum Gasteiger partial charge on any atom is -0.267 e. The van der Waals surface area contributed by atoms with Gasteiger partial charge < -0.3 is 0 Å². The van der Waals surface area contributed by atoms with E-state index >= 15 is 0 Å². The lowest BCUT2D eigenvalue weighted by Gasteiger charge is -1.99. The second-order valence-electron chi connectivity index (χ2n) is 3.22. The van der Waals surface area contributed by atoms with Crippen LogP contribution in [0.25, 0.3) is 0 Å². The summed E-state index contributed by atoms with van der Waals surface area (Å²) in [5.74, 6) is -0.223. The van der Waals surface area contributed by atoms with Gasteiger partial charge >= 0.3 is 0 Å². The molecule has 0 radical (unpaired) electrons. The molecule has 0 saturated heterocycles. The summed E-state index contributed by atoms with van der Waals surface area (Å²) >= 11 is 4.88. The molecule has 0 unspecified atom stereocenters. The van der Waals surface area contributed by atoms with Gasteiger partial charge in [0.2, 0.25) is 0 Å². The van der Waals surface area contributed by atoms with Gasteiger partial charge in [0.05, 0.1) is 6.21 Å². The van der Waals surface area contributed by atoms with E-state index in [4.69, 9.17) is 0 Å². The van der Waals surface area contributed by atoms with Crippen molar-refractivity contribution in [3.05, 3.63) is 56.7 Å². The zero-order chi connectivity index (χ0) is 12.1. The third kappa shape index (κ3) is 3.51. The van der Waals surface area contributed by atoms with Gasteiger partial charge in [-0.25, -0.2) is 5.43 Å². The molecule has 1 aromatic carbocycles. The van der Waals surface area contributed by atoms with E-state index < -0.39 is 0 Å². The molecule has 0 saturated carbocycles. The number of halogens is 1. The molecule has 1 N–H and O–H groups in total. The predicted octanol–water partition coefficient (Wildman–Crippen LogP) is 3.27. The van der Waals surface area contributed by atoms with Crippen molar-refractivity contribution < 1.29 is 4.79 Å². The molecule has 1 amide bonds. The van der Waals surface area contributed by atoms with Gasteiger partial charge in [-0.3, -0.25) is 4.79 Å². The molecule has 0 fully saturated rings. The number of amides is 1. The lowest BCUT2D eigenvalue weighted by atomic mass is 10.2. The molecular formula is C12H9BrN2OS. The molecule has 0 aliphatic carbocycles. The fourth-order valence-corrected chi connectivity index (χ4v) is 2.20. The number of hydrogen-bond acceptors (Lipinski definition) is 3. The van der Waals surface area contributed by atoms with Crippen molar-refractivity contribution in [1.82, 2.24) is 5.43 Å².